The Bertz CT molecular complexity index is 971. The van der Waals surface area contributed by atoms with Gasteiger partial charge in [0.2, 0.25) is 5.91 Å². The minimum atomic E-state index is -0.346. The Kier molecular flexibility index (Phi) is 7.66. The molecule has 2 saturated heterocycles. The molecular formula is C26H31ClFN3O2. The Labute approximate surface area is 199 Å². The molecule has 2 aliphatic heterocycles. The molecule has 2 fully saturated rings. The summed E-state index contributed by atoms with van der Waals surface area (Å²) in [4.78, 5) is 29.9. The number of nitrogens with one attached hydrogen (secondary N) is 1. The maximum absolute atomic E-state index is 14.7. The van der Waals surface area contributed by atoms with Crippen molar-refractivity contribution in [3.05, 3.63) is 70.0 Å². The average molecular weight is 472 g/mol. The van der Waals surface area contributed by atoms with Gasteiger partial charge in [-0.2, -0.15) is 0 Å². The highest BCUT2D eigenvalue weighted by molar-refractivity contribution is 6.31. The van der Waals surface area contributed by atoms with Crippen molar-refractivity contribution in [3.8, 4) is 0 Å². The Morgan fingerprint density at radius 3 is 2.52 bits per heavy atom. The second-order valence-corrected chi connectivity index (χ2v) is 9.50. The van der Waals surface area contributed by atoms with Crippen LogP contribution in [0.4, 0.5) is 4.39 Å². The molecule has 0 spiro atoms. The van der Waals surface area contributed by atoms with E-state index in [1.165, 1.54) is 6.07 Å². The molecule has 2 heterocycles. The van der Waals surface area contributed by atoms with E-state index in [2.05, 4.69) is 10.2 Å². The highest BCUT2D eigenvalue weighted by atomic mass is 35.5. The summed E-state index contributed by atoms with van der Waals surface area (Å²) < 4.78 is 14.7. The molecule has 33 heavy (non-hydrogen) atoms. The quantitative estimate of drug-likeness (QED) is 0.670. The lowest BCUT2D eigenvalue weighted by atomic mass is 9.96. The van der Waals surface area contributed by atoms with Crippen LogP contribution in [0.2, 0.25) is 5.02 Å². The molecule has 7 heteroatoms. The standard InChI is InChI=1S/C26H31ClFN3O2/c1-18-9-11-19(12-10-18)26(33)31-15-5-6-20(17-31)25(32)29-16-23(30-13-2-3-14-30)24-21(27)7-4-8-22(24)28/h4,7-12,20,23H,2-3,5-6,13-17H2,1H3,(H,29,32). The van der Waals surface area contributed by atoms with Crippen molar-refractivity contribution in [1.82, 2.24) is 15.1 Å². The monoisotopic (exact) mass is 471 g/mol. The SMILES string of the molecule is Cc1ccc(C(=O)N2CCCC(C(=O)NCC(c3c(F)cccc3Cl)N3CCCC3)C2)cc1. The number of hydrogen-bond acceptors (Lipinski definition) is 3. The average Bonchev–Trinajstić information content (AvgIpc) is 3.35. The molecule has 2 unspecified atom stereocenters. The summed E-state index contributed by atoms with van der Waals surface area (Å²) in [5, 5.41) is 3.43. The predicted molar refractivity (Wildman–Crippen MR) is 128 cm³/mol. The van der Waals surface area contributed by atoms with Crippen molar-refractivity contribution in [1.29, 1.82) is 0 Å². The van der Waals surface area contributed by atoms with Gasteiger partial charge in [0.25, 0.3) is 5.91 Å². The van der Waals surface area contributed by atoms with E-state index in [4.69, 9.17) is 11.6 Å². The molecule has 4 rings (SSSR count). The van der Waals surface area contributed by atoms with E-state index in [0.29, 0.717) is 35.8 Å². The smallest absolute Gasteiger partial charge is 0.253 e. The number of halogens is 2. The van der Waals surface area contributed by atoms with Crippen molar-refractivity contribution >= 4 is 23.4 Å². The highest BCUT2D eigenvalue weighted by Gasteiger charge is 2.32. The van der Waals surface area contributed by atoms with Crippen LogP contribution in [0.3, 0.4) is 0 Å². The van der Waals surface area contributed by atoms with Gasteiger partial charge in [0, 0.05) is 35.8 Å². The first kappa shape index (κ1) is 23.7. The van der Waals surface area contributed by atoms with Crippen molar-refractivity contribution in [3.63, 3.8) is 0 Å². The van der Waals surface area contributed by atoms with E-state index in [1.807, 2.05) is 31.2 Å². The third-order valence-corrected chi connectivity index (χ3v) is 7.09. The van der Waals surface area contributed by atoms with Crippen LogP contribution in [0.15, 0.2) is 42.5 Å². The summed E-state index contributed by atoms with van der Waals surface area (Å²) >= 11 is 6.37. The number of nitrogens with zero attached hydrogens (tertiary/aromatic N) is 2. The number of aryl methyl sites for hydroxylation is 1. The Hall–Kier alpha value is -2.44. The topological polar surface area (TPSA) is 52.7 Å². The third-order valence-electron chi connectivity index (χ3n) is 6.76. The molecule has 5 nitrogen and oxygen atoms in total. The number of likely N-dealkylation sites (tertiary alicyclic amines) is 2. The van der Waals surface area contributed by atoms with Crippen LogP contribution in [0.25, 0.3) is 0 Å². The maximum atomic E-state index is 14.7. The zero-order valence-electron chi connectivity index (χ0n) is 19.0. The first-order chi connectivity index (χ1) is 15.9. The molecule has 176 valence electrons. The molecule has 0 aromatic heterocycles. The second kappa shape index (κ2) is 10.7. The van der Waals surface area contributed by atoms with Crippen LogP contribution >= 0.6 is 11.6 Å². The van der Waals surface area contributed by atoms with E-state index < -0.39 is 0 Å². The van der Waals surface area contributed by atoms with Crippen molar-refractivity contribution in [2.45, 2.75) is 38.6 Å². The zero-order chi connectivity index (χ0) is 23.4. The second-order valence-electron chi connectivity index (χ2n) is 9.10. The predicted octanol–water partition coefficient (Wildman–Crippen LogP) is 4.59. The van der Waals surface area contributed by atoms with Gasteiger partial charge in [0.15, 0.2) is 0 Å². The van der Waals surface area contributed by atoms with Gasteiger partial charge in [0.1, 0.15) is 5.82 Å². The van der Waals surface area contributed by atoms with Gasteiger partial charge >= 0.3 is 0 Å². The molecule has 2 atom stereocenters. The summed E-state index contributed by atoms with van der Waals surface area (Å²) in [6.45, 7) is 5.04. The van der Waals surface area contributed by atoms with Gasteiger partial charge in [-0.15, -0.1) is 0 Å². The molecule has 0 bridgehead atoms. The number of carbonyl (C=O) groups is 2. The summed E-state index contributed by atoms with van der Waals surface area (Å²) in [5.74, 6) is -0.752. The van der Waals surface area contributed by atoms with E-state index in [0.717, 1.165) is 44.3 Å². The molecule has 0 aliphatic carbocycles. The van der Waals surface area contributed by atoms with Gasteiger partial charge in [0.05, 0.1) is 12.0 Å². The van der Waals surface area contributed by atoms with Crippen LogP contribution in [0.5, 0.6) is 0 Å². The normalized spacial score (nSPS) is 20.0. The fourth-order valence-electron chi connectivity index (χ4n) is 4.89. The van der Waals surface area contributed by atoms with Crippen LogP contribution < -0.4 is 5.32 Å². The largest absolute Gasteiger partial charge is 0.354 e. The summed E-state index contributed by atoms with van der Waals surface area (Å²) in [5.41, 5.74) is 2.19. The summed E-state index contributed by atoms with van der Waals surface area (Å²) in [7, 11) is 0. The van der Waals surface area contributed by atoms with E-state index >= 15 is 0 Å². The molecule has 0 radical (unpaired) electrons. The molecule has 2 aromatic rings. The minimum absolute atomic E-state index is 0.0411. The van der Waals surface area contributed by atoms with Crippen molar-refractivity contribution < 1.29 is 14.0 Å². The fraction of sp³-hybridized carbons (Fsp3) is 0.462. The molecule has 2 amide bonds. The van der Waals surface area contributed by atoms with E-state index in [9.17, 15) is 14.0 Å². The first-order valence-corrected chi connectivity index (χ1v) is 12.1. The van der Waals surface area contributed by atoms with Crippen LogP contribution in [0.1, 0.15) is 53.2 Å². The van der Waals surface area contributed by atoms with Crippen LogP contribution in [-0.2, 0) is 4.79 Å². The number of benzene rings is 2. The molecule has 2 aromatic carbocycles. The van der Waals surface area contributed by atoms with Crippen LogP contribution in [0, 0.1) is 18.7 Å². The van der Waals surface area contributed by atoms with Gasteiger partial charge in [-0.25, -0.2) is 4.39 Å². The van der Waals surface area contributed by atoms with E-state index in [1.54, 1.807) is 17.0 Å². The zero-order valence-corrected chi connectivity index (χ0v) is 19.8. The lowest BCUT2D eigenvalue weighted by Crippen LogP contribution is -2.47. The lowest BCUT2D eigenvalue weighted by molar-refractivity contribution is -0.126. The first-order valence-electron chi connectivity index (χ1n) is 11.8. The summed E-state index contributed by atoms with van der Waals surface area (Å²) in [6, 6.07) is 11.9. The van der Waals surface area contributed by atoms with E-state index in [-0.39, 0.29) is 29.6 Å². The number of piperidine rings is 1. The van der Waals surface area contributed by atoms with Crippen LogP contribution in [-0.4, -0.2) is 54.3 Å². The lowest BCUT2D eigenvalue weighted by Gasteiger charge is -2.33. The number of amides is 2. The number of hydrogen-bond donors (Lipinski definition) is 1. The van der Waals surface area contributed by atoms with Gasteiger partial charge in [-0.05, 0) is 70.0 Å². The molecule has 0 saturated carbocycles. The number of rotatable bonds is 6. The van der Waals surface area contributed by atoms with Gasteiger partial charge in [-0.3, -0.25) is 14.5 Å². The Balaban J connectivity index is 1.42. The van der Waals surface area contributed by atoms with Gasteiger partial charge < -0.3 is 10.2 Å². The fourth-order valence-corrected chi connectivity index (χ4v) is 5.18. The molecule has 1 N–H and O–H groups in total. The molecule has 2 aliphatic rings. The van der Waals surface area contributed by atoms with Crippen molar-refractivity contribution in [2.75, 3.05) is 32.7 Å². The van der Waals surface area contributed by atoms with Crippen molar-refractivity contribution in [2.24, 2.45) is 5.92 Å². The van der Waals surface area contributed by atoms with Gasteiger partial charge in [-0.1, -0.05) is 35.4 Å². The number of carbonyl (C=O) groups excluding carboxylic acids is 2. The summed E-state index contributed by atoms with van der Waals surface area (Å²) in [6.07, 6.45) is 3.62. The molecular weight excluding hydrogens is 441 g/mol. The highest BCUT2D eigenvalue weighted by Crippen LogP contribution is 2.32. The maximum Gasteiger partial charge on any atom is 0.253 e. The minimum Gasteiger partial charge on any atom is -0.354 e. The third kappa shape index (κ3) is 5.56. The Morgan fingerprint density at radius 2 is 1.82 bits per heavy atom. The Morgan fingerprint density at radius 1 is 1.09 bits per heavy atom.